The third-order valence-electron chi connectivity index (χ3n) is 6.24. The Morgan fingerprint density at radius 1 is 1.17 bits per heavy atom. The van der Waals surface area contributed by atoms with Crippen LogP contribution in [0.4, 0.5) is 5.69 Å². The van der Waals surface area contributed by atoms with E-state index in [1.54, 1.807) is 30.3 Å². The Morgan fingerprint density at radius 3 is 2.39 bits per heavy atom. The van der Waals surface area contributed by atoms with Crippen LogP contribution in [0.5, 0.6) is 0 Å². The number of hydrogen-bond acceptors (Lipinski definition) is 10. The average Bonchev–Trinajstić information content (AvgIpc) is 3.07. The van der Waals surface area contributed by atoms with Gasteiger partial charge in [-0.1, -0.05) is 30.3 Å². The van der Waals surface area contributed by atoms with Gasteiger partial charge >= 0.3 is 5.97 Å². The van der Waals surface area contributed by atoms with E-state index in [1.165, 1.54) is 37.3 Å². The van der Waals surface area contributed by atoms with Crippen molar-refractivity contribution < 1.29 is 38.7 Å². The van der Waals surface area contributed by atoms with Gasteiger partial charge in [0.1, 0.15) is 12.6 Å². The smallest absolute Gasteiger partial charge is 0.337 e. The van der Waals surface area contributed by atoms with Crippen molar-refractivity contribution in [3.8, 4) is 0 Å². The predicted octanol–water partition coefficient (Wildman–Crippen LogP) is 1.05. The van der Waals surface area contributed by atoms with Crippen molar-refractivity contribution in [2.45, 2.75) is 44.1 Å². The number of aliphatic hydroxyl groups excluding tert-OH is 1. The van der Waals surface area contributed by atoms with E-state index in [2.05, 4.69) is 4.99 Å². The molecule has 1 N–H and O–H groups in total. The minimum Gasteiger partial charge on any atom is -0.459 e. The lowest BCUT2D eigenvalue weighted by Gasteiger charge is -2.48. The quantitative estimate of drug-likeness (QED) is 0.102. The minimum absolute atomic E-state index is 0.152. The number of β-lactam (4-membered cyclic amide) rings is 1. The number of amides is 1. The molecule has 36 heavy (non-hydrogen) atoms. The topological polar surface area (TPSA) is 166 Å². The molecule has 2 fully saturated rings. The van der Waals surface area contributed by atoms with Crippen molar-refractivity contribution >= 4 is 29.4 Å². The molecule has 1 amide bonds. The molecule has 2 aromatic carbocycles. The molecule has 2 saturated heterocycles. The summed E-state index contributed by atoms with van der Waals surface area (Å²) in [5.41, 5.74) is -1.36. The average molecular weight is 495 g/mol. The summed E-state index contributed by atoms with van der Waals surface area (Å²) in [6.45, 7) is 0.840. The number of carbonyl (C=O) groups is 3. The molecular formula is C24H21N3O9. The molecule has 0 aromatic heterocycles. The van der Waals surface area contributed by atoms with Gasteiger partial charge in [0, 0.05) is 12.1 Å². The van der Waals surface area contributed by atoms with Crippen LogP contribution in [0, 0.1) is 16.0 Å². The fourth-order valence-corrected chi connectivity index (χ4v) is 4.51. The lowest BCUT2D eigenvalue weighted by atomic mass is 9.80. The molecule has 0 aliphatic carbocycles. The highest BCUT2D eigenvalue weighted by Crippen LogP contribution is 2.48. The molecule has 2 aliphatic rings. The summed E-state index contributed by atoms with van der Waals surface area (Å²) >= 11 is 0. The fourth-order valence-electron chi connectivity index (χ4n) is 4.51. The minimum atomic E-state index is -2.26. The van der Waals surface area contributed by atoms with E-state index in [1.807, 2.05) is 0 Å². The molecule has 12 nitrogen and oxygen atoms in total. The van der Waals surface area contributed by atoms with Crippen molar-refractivity contribution in [2.75, 3.05) is 0 Å². The van der Waals surface area contributed by atoms with E-state index in [0.717, 1.165) is 4.90 Å². The monoisotopic (exact) mass is 495 g/mol. The number of fused-ring (bicyclic) bond motifs is 1. The summed E-state index contributed by atoms with van der Waals surface area (Å²) in [6, 6.07) is 10.9. The number of ketones is 1. The van der Waals surface area contributed by atoms with Crippen LogP contribution < -0.4 is 0 Å². The van der Waals surface area contributed by atoms with Crippen LogP contribution in [0.3, 0.4) is 0 Å². The second kappa shape index (κ2) is 9.78. The van der Waals surface area contributed by atoms with E-state index >= 15 is 0 Å². The number of ether oxygens (including phenoxy) is 2. The van der Waals surface area contributed by atoms with E-state index in [4.69, 9.17) is 9.47 Å². The molecule has 5 atom stereocenters. The van der Waals surface area contributed by atoms with Gasteiger partial charge < -0.3 is 19.5 Å². The van der Waals surface area contributed by atoms with Gasteiger partial charge in [0.2, 0.25) is 17.8 Å². The standard InChI is InChI=1S/C24H21N3O9/c1-14(29)18-20-24(25-13-28,36-12-15-5-3-2-4-6-15)21(30)19(26(20)22(18)31)23(32)35-11-16-7-9-17(10-8-16)27(33)34/h2-10,14,18-20,29H,11-12H2,1H3/t14-,18-,19?,20+,24-/m1/s1. The molecule has 1 unspecified atom stereocenters. The Bertz CT molecular complexity index is 1240. The van der Waals surface area contributed by atoms with Gasteiger partial charge in [-0.3, -0.25) is 19.7 Å². The zero-order valence-corrected chi connectivity index (χ0v) is 19.0. The normalized spacial score (nSPS) is 25.4. The summed E-state index contributed by atoms with van der Waals surface area (Å²) in [5.74, 6) is -3.91. The zero-order chi connectivity index (χ0) is 26.0. The van der Waals surface area contributed by atoms with E-state index in [0.29, 0.717) is 11.1 Å². The molecule has 0 spiro atoms. The SMILES string of the molecule is C[C@@H](O)[C@H]1C(=O)N2C(C(=O)OCc3ccc([N+](=O)[O-])cc3)C(=O)[C@](N=C=O)(OCc3ccccc3)[C@H]12. The molecule has 0 bridgehead atoms. The van der Waals surface area contributed by atoms with E-state index in [9.17, 15) is 34.4 Å². The second-order valence-corrected chi connectivity index (χ2v) is 8.43. The summed E-state index contributed by atoms with van der Waals surface area (Å²) in [7, 11) is 0. The Kier molecular flexibility index (Phi) is 6.75. The third kappa shape index (κ3) is 4.17. The van der Waals surface area contributed by atoms with Crippen molar-refractivity contribution in [3.63, 3.8) is 0 Å². The first kappa shape index (κ1) is 24.9. The summed E-state index contributed by atoms with van der Waals surface area (Å²) in [6.07, 6.45) is 0.0910. The van der Waals surface area contributed by atoms with Crippen LogP contribution in [0.1, 0.15) is 18.1 Å². The predicted molar refractivity (Wildman–Crippen MR) is 120 cm³/mol. The molecule has 0 saturated carbocycles. The highest BCUT2D eigenvalue weighted by molar-refractivity contribution is 6.15. The number of nitro groups is 1. The van der Waals surface area contributed by atoms with Crippen LogP contribution in [0.25, 0.3) is 0 Å². The Hall–Kier alpha value is -4.25. The fraction of sp³-hybridized carbons (Fsp3) is 0.333. The van der Waals surface area contributed by atoms with Crippen LogP contribution >= 0.6 is 0 Å². The number of esters is 1. The molecule has 12 heteroatoms. The number of benzene rings is 2. The van der Waals surface area contributed by atoms with Crippen LogP contribution in [-0.4, -0.2) is 62.6 Å². The molecule has 2 aromatic rings. The van der Waals surface area contributed by atoms with Gasteiger partial charge in [-0.05, 0) is 30.2 Å². The highest BCUT2D eigenvalue weighted by atomic mass is 16.6. The maximum absolute atomic E-state index is 13.5. The first-order chi connectivity index (χ1) is 17.2. The van der Waals surface area contributed by atoms with Gasteiger partial charge in [0.25, 0.3) is 11.4 Å². The lowest BCUT2D eigenvalue weighted by Crippen LogP contribution is -2.69. The number of aliphatic imine (C=N–C) groups is 1. The lowest BCUT2D eigenvalue weighted by molar-refractivity contribution is -0.384. The summed E-state index contributed by atoms with van der Waals surface area (Å²) in [5, 5.41) is 21.0. The maximum atomic E-state index is 13.5. The maximum Gasteiger partial charge on any atom is 0.337 e. The van der Waals surface area contributed by atoms with E-state index in [-0.39, 0.29) is 18.9 Å². The first-order valence-electron chi connectivity index (χ1n) is 10.9. The molecule has 2 heterocycles. The number of non-ortho nitro benzene ring substituents is 1. The summed E-state index contributed by atoms with van der Waals surface area (Å²) in [4.78, 5) is 65.5. The van der Waals surface area contributed by atoms with Gasteiger partial charge in [-0.15, -0.1) is 0 Å². The second-order valence-electron chi connectivity index (χ2n) is 8.43. The number of nitrogens with zero attached hydrogens (tertiary/aromatic N) is 3. The van der Waals surface area contributed by atoms with Crippen LogP contribution in [0.15, 0.2) is 59.6 Å². The van der Waals surface area contributed by atoms with Gasteiger partial charge in [0.05, 0.1) is 23.6 Å². The molecule has 2 aliphatic heterocycles. The van der Waals surface area contributed by atoms with Crippen molar-refractivity contribution in [2.24, 2.45) is 10.9 Å². The van der Waals surface area contributed by atoms with Gasteiger partial charge in [-0.25, -0.2) is 9.59 Å². The molecular weight excluding hydrogens is 474 g/mol. The van der Waals surface area contributed by atoms with Crippen molar-refractivity contribution in [1.82, 2.24) is 4.90 Å². The first-order valence-corrected chi connectivity index (χ1v) is 10.9. The largest absolute Gasteiger partial charge is 0.459 e. The Balaban J connectivity index is 1.60. The van der Waals surface area contributed by atoms with Crippen molar-refractivity contribution in [3.05, 3.63) is 75.8 Å². The summed E-state index contributed by atoms with van der Waals surface area (Å²) < 4.78 is 11.0. The van der Waals surface area contributed by atoms with E-state index < -0.39 is 52.4 Å². The number of nitro benzene ring substituents is 1. The molecule has 4 rings (SSSR count). The number of carbonyl (C=O) groups excluding carboxylic acids is 4. The number of aliphatic hydroxyl groups is 1. The van der Waals surface area contributed by atoms with Gasteiger partial charge in [-0.2, -0.15) is 4.99 Å². The number of isocyanates is 1. The van der Waals surface area contributed by atoms with Crippen molar-refractivity contribution in [1.29, 1.82) is 0 Å². The van der Waals surface area contributed by atoms with Crippen LogP contribution in [0.2, 0.25) is 0 Å². The Labute approximate surface area is 204 Å². The number of Topliss-reactive ketones (excluding diaryl/α,β-unsaturated/α-hetero) is 1. The van der Waals surface area contributed by atoms with Crippen LogP contribution in [-0.2, 0) is 41.9 Å². The third-order valence-corrected chi connectivity index (χ3v) is 6.24. The number of rotatable bonds is 9. The number of hydrogen-bond donors (Lipinski definition) is 1. The van der Waals surface area contributed by atoms with Gasteiger partial charge in [0.15, 0.2) is 6.04 Å². The Morgan fingerprint density at radius 2 is 1.81 bits per heavy atom. The highest BCUT2D eigenvalue weighted by Gasteiger charge is 2.74. The zero-order valence-electron chi connectivity index (χ0n) is 19.0. The molecule has 186 valence electrons. The molecule has 0 radical (unpaired) electrons.